The molecule has 13 heavy (non-hydrogen) atoms. The van der Waals surface area contributed by atoms with E-state index in [9.17, 15) is 12.8 Å². The maximum Gasteiger partial charge on any atom is 0.182 e. The molecule has 1 aromatic carbocycles. The third-order valence-electron chi connectivity index (χ3n) is 1.56. The summed E-state index contributed by atoms with van der Waals surface area (Å²) >= 11 is 0. The minimum atomic E-state index is -3.54. The smallest absolute Gasteiger partial charge is 0.182 e. The fourth-order valence-electron chi connectivity index (χ4n) is 0.962. The van der Waals surface area contributed by atoms with Crippen LogP contribution in [0.4, 0.5) is 4.39 Å². The predicted molar refractivity (Wildman–Crippen MR) is 47.5 cm³/mol. The van der Waals surface area contributed by atoms with Gasteiger partial charge < -0.3 is 5.73 Å². The summed E-state index contributed by atoms with van der Waals surface area (Å²) in [5, 5.41) is 0. The van der Waals surface area contributed by atoms with Gasteiger partial charge in [-0.3, -0.25) is 0 Å². The Morgan fingerprint density at radius 2 is 1.92 bits per heavy atom. The number of hydrogen-bond donors (Lipinski definition) is 1. The fourth-order valence-corrected chi connectivity index (χ4v) is 2.14. The van der Waals surface area contributed by atoms with Crippen molar-refractivity contribution in [2.24, 2.45) is 5.73 Å². The molecule has 1 rings (SSSR count). The summed E-state index contributed by atoms with van der Waals surface area (Å²) < 4.78 is 35.7. The number of benzene rings is 1. The van der Waals surface area contributed by atoms with Crippen molar-refractivity contribution in [1.29, 1.82) is 0 Å². The van der Waals surface area contributed by atoms with Gasteiger partial charge in [-0.1, -0.05) is 12.1 Å². The quantitative estimate of drug-likeness (QED) is 0.780. The minimum Gasteiger partial charge on any atom is -0.329 e. The molecule has 72 valence electrons. The van der Waals surface area contributed by atoms with E-state index >= 15 is 0 Å². The van der Waals surface area contributed by atoms with Crippen molar-refractivity contribution in [3.05, 3.63) is 30.1 Å². The van der Waals surface area contributed by atoms with Gasteiger partial charge in [-0.25, -0.2) is 12.8 Å². The molecule has 0 amide bonds. The van der Waals surface area contributed by atoms with Crippen LogP contribution in [0.15, 0.2) is 29.2 Å². The first-order chi connectivity index (χ1) is 6.08. The van der Waals surface area contributed by atoms with Gasteiger partial charge in [0.05, 0.1) is 5.75 Å². The molecule has 0 radical (unpaired) electrons. The number of rotatable bonds is 3. The first kappa shape index (κ1) is 10.1. The first-order valence-electron chi connectivity index (χ1n) is 3.75. The summed E-state index contributed by atoms with van der Waals surface area (Å²) in [5.41, 5.74) is 5.10. The third-order valence-corrected chi connectivity index (χ3v) is 3.33. The molecule has 0 aliphatic heterocycles. The van der Waals surface area contributed by atoms with Gasteiger partial charge in [0.1, 0.15) is 10.7 Å². The van der Waals surface area contributed by atoms with Crippen molar-refractivity contribution < 1.29 is 12.8 Å². The SMILES string of the molecule is NCCS(=O)(=O)c1ccccc1F. The normalized spacial score (nSPS) is 11.5. The zero-order valence-corrected chi connectivity index (χ0v) is 7.72. The van der Waals surface area contributed by atoms with Crippen LogP contribution in [-0.2, 0) is 9.84 Å². The molecule has 0 heterocycles. The summed E-state index contributed by atoms with van der Waals surface area (Å²) in [6.45, 7) is -0.00331. The van der Waals surface area contributed by atoms with Crippen LogP contribution in [0.3, 0.4) is 0 Å². The molecular formula is C8H10FNO2S. The molecule has 2 N–H and O–H groups in total. The van der Waals surface area contributed by atoms with Crippen LogP contribution in [0.2, 0.25) is 0 Å². The molecule has 0 aliphatic carbocycles. The van der Waals surface area contributed by atoms with Crippen molar-refractivity contribution in [3.8, 4) is 0 Å². The van der Waals surface area contributed by atoms with Gasteiger partial charge in [0.25, 0.3) is 0 Å². The zero-order chi connectivity index (χ0) is 9.90. The number of halogens is 1. The lowest BCUT2D eigenvalue weighted by Crippen LogP contribution is -2.16. The van der Waals surface area contributed by atoms with Gasteiger partial charge in [-0.2, -0.15) is 0 Å². The average Bonchev–Trinajstić information content (AvgIpc) is 2.04. The number of hydrogen-bond acceptors (Lipinski definition) is 3. The van der Waals surface area contributed by atoms with Crippen LogP contribution in [0, 0.1) is 5.82 Å². The molecular weight excluding hydrogens is 193 g/mol. The second-order valence-corrected chi connectivity index (χ2v) is 4.62. The molecule has 0 unspecified atom stereocenters. The molecule has 3 nitrogen and oxygen atoms in total. The monoisotopic (exact) mass is 203 g/mol. The molecule has 0 saturated carbocycles. The van der Waals surface area contributed by atoms with E-state index in [1.54, 1.807) is 0 Å². The summed E-state index contributed by atoms with van der Waals surface area (Å²) in [6, 6.07) is 5.27. The van der Waals surface area contributed by atoms with Crippen molar-refractivity contribution in [3.63, 3.8) is 0 Å². The van der Waals surface area contributed by atoms with E-state index in [1.165, 1.54) is 18.2 Å². The lowest BCUT2D eigenvalue weighted by atomic mass is 10.3. The van der Waals surface area contributed by atoms with Crippen LogP contribution < -0.4 is 5.73 Å². The lowest BCUT2D eigenvalue weighted by molar-refractivity contribution is 0.567. The highest BCUT2D eigenvalue weighted by Crippen LogP contribution is 2.14. The van der Waals surface area contributed by atoms with Gasteiger partial charge in [0, 0.05) is 6.54 Å². The summed E-state index contributed by atoms with van der Waals surface area (Å²) in [5.74, 6) is -0.954. The van der Waals surface area contributed by atoms with Crippen molar-refractivity contribution in [1.82, 2.24) is 0 Å². The Kier molecular flexibility index (Phi) is 3.00. The second kappa shape index (κ2) is 3.85. The third kappa shape index (κ3) is 2.26. The van der Waals surface area contributed by atoms with E-state index in [-0.39, 0.29) is 17.2 Å². The van der Waals surface area contributed by atoms with E-state index in [4.69, 9.17) is 5.73 Å². The van der Waals surface area contributed by atoms with Crippen LogP contribution in [0.25, 0.3) is 0 Å². The number of nitrogens with two attached hydrogens (primary N) is 1. The van der Waals surface area contributed by atoms with Crippen LogP contribution in [-0.4, -0.2) is 20.7 Å². The zero-order valence-electron chi connectivity index (χ0n) is 6.90. The van der Waals surface area contributed by atoms with Crippen LogP contribution in [0.5, 0.6) is 0 Å². The highest BCUT2D eigenvalue weighted by Gasteiger charge is 2.16. The molecule has 0 atom stereocenters. The largest absolute Gasteiger partial charge is 0.329 e. The maximum atomic E-state index is 13.0. The Bertz CT molecular complexity index is 389. The molecule has 0 aromatic heterocycles. The highest BCUT2D eigenvalue weighted by atomic mass is 32.2. The Labute approximate surface area is 76.3 Å². The van der Waals surface area contributed by atoms with Gasteiger partial charge in [0.15, 0.2) is 9.84 Å². The molecule has 5 heteroatoms. The summed E-state index contributed by atoms with van der Waals surface area (Å²) in [4.78, 5) is -0.277. The van der Waals surface area contributed by atoms with Crippen molar-refractivity contribution >= 4 is 9.84 Å². The maximum absolute atomic E-state index is 13.0. The van der Waals surface area contributed by atoms with Gasteiger partial charge in [0.2, 0.25) is 0 Å². The molecule has 0 saturated heterocycles. The van der Waals surface area contributed by atoms with E-state index in [2.05, 4.69) is 0 Å². The first-order valence-corrected chi connectivity index (χ1v) is 5.40. The molecule has 0 fully saturated rings. The Morgan fingerprint density at radius 3 is 2.46 bits per heavy atom. The average molecular weight is 203 g/mol. The molecule has 1 aromatic rings. The van der Waals surface area contributed by atoms with Crippen LogP contribution in [0.1, 0.15) is 0 Å². The number of sulfone groups is 1. The minimum absolute atomic E-state index is 0.00331. The summed E-state index contributed by atoms with van der Waals surface area (Å²) in [7, 11) is -3.54. The van der Waals surface area contributed by atoms with Gasteiger partial charge in [-0.15, -0.1) is 0 Å². The molecule has 0 bridgehead atoms. The Morgan fingerprint density at radius 1 is 1.31 bits per heavy atom. The Hall–Kier alpha value is -0.940. The van der Waals surface area contributed by atoms with Gasteiger partial charge >= 0.3 is 0 Å². The van der Waals surface area contributed by atoms with E-state index < -0.39 is 15.7 Å². The van der Waals surface area contributed by atoms with Gasteiger partial charge in [-0.05, 0) is 12.1 Å². The predicted octanol–water partition coefficient (Wildman–Crippen LogP) is 0.558. The molecule has 0 spiro atoms. The Balaban J connectivity index is 3.15. The highest BCUT2D eigenvalue weighted by molar-refractivity contribution is 7.91. The van der Waals surface area contributed by atoms with Crippen molar-refractivity contribution in [2.45, 2.75) is 4.90 Å². The van der Waals surface area contributed by atoms with E-state index in [1.807, 2.05) is 0 Å². The second-order valence-electron chi connectivity index (χ2n) is 2.54. The standard InChI is InChI=1S/C8H10FNO2S/c9-7-3-1-2-4-8(7)13(11,12)6-5-10/h1-4H,5-6,10H2. The van der Waals surface area contributed by atoms with E-state index in [0.717, 1.165) is 6.07 Å². The topological polar surface area (TPSA) is 60.2 Å². The van der Waals surface area contributed by atoms with E-state index in [0.29, 0.717) is 0 Å². The molecule has 0 aliphatic rings. The fraction of sp³-hybridized carbons (Fsp3) is 0.250. The lowest BCUT2D eigenvalue weighted by Gasteiger charge is -2.02. The van der Waals surface area contributed by atoms with Crippen LogP contribution >= 0.6 is 0 Å². The van der Waals surface area contributed by atoms with Crippen molar-refractivity contribution in [2.75, 3.05) is 12.3 Å². The summed E-state index contributed by atoms with van der Waals surface area (Å²) in [6.07, 6.45) is 0.